The Bertz CT molecular complexity index is 421. The van der Waals surface area contributed by atoms with Gasteiger partial charge in [0.2, 0.25) is 0 Å². The lowest BCUT2D eigenvalue weighted by Gasteiger charge is -2.26. The highest BCUT2D eigenvalue weighted by molar-refractivity contribution is 9.10. The van der Waals surface area contributed by atoms with Crippen molar-refractivity contribution in [3.05, 3.63) is 16.2 Å². The van der Waals surface area contributed by atoms with Crippen LogP contribution in [0.4, 0.5) is 11.5 Å². The number of aromatic nitrogens is 1. The van der Waals surface area contributed by atoms with E-state index in [1.54, 1.807) is 6.20 Å². The van der Waals surface area contributed by atoms with E-state index >= 15 is 0 Å². The van der Waals surface area contributed by atoms with Gasteiger partial charge in [-0.2, -0.15) is 0 Å². The van der Waals surface area contributed by atoms with Crippen LogP contribution in [0.3, 0.4) is 0 Å². The van der Waals surface area contributed by atoms with E-state index in [1.165, 1.54) is 0 Å². The molecule has 2 rings (SSSR count). The minimum Gasteiger partial charge on any atom is -0.397 e. The van der Waals surface area contributed by atoms with Crippen molar-refractivity contribution >= 4 is 27.4 Å². The van der Waals surface area contributed by atoms with Gasteiger partial charge in [-0.05, 0) is 41.4 Å². The van der Waals surface area contributed by atoms with E-state index in [2.05, 4.69) is 31.1 Å². The maximum atomic E-state index is 5.80. The third kappa shape index (κ3) is 4.06. The summed E-state index contributed by atoms with van der Waals surface area (Å²) in [6.07, 6.45) is 2.79. The molecule has 1 aliphatic heterocycles. The van der Waals surface area contributed by atoms with Crippen LogP contribution in [0.5, 0.6) is 0 Å². The van der Waals surface area contributed by atoms with Crippen LogP contribution in [0, 0.1) is 6.92 Å². The SMILES string of the molecule is Cc1c(N)cnc(NCCCN2CCOCC2)c1Br. The highest BCUT2D eigenvalue weighted by Gasteiger charge is 2.10. The van der Waals surface area contributed by atoms with Crippen LogP contribution < -0.4 is 11.1 Å². The third-order valence-electron chi connectivity index (χ3n) is 3.35. The molecule has 2 heterocycles. The number of halogens is 1. The summed E-state index contributed by atoms with van der Waals surface area (Å²) in [5, 5.41) is 3.35. The smallest absolute Gasteiger partial charge is 0.140 e. The van der Waals surface area contributed by atoms with E-state index in [-0.39, 0.29) is 0 Å². The molecule has 106 valence electrons. The van der Waals surface area contributed by atoms with Gasteiger partial charge < -0.3 is 15.8 Å². The number of hydrogen-bond donors (Lipinski definition) is 2. The largest absolute Gasteiger partial charge is 0.397 e. The van der Waals surface area contributed by atoms with Crippen molar-refractivity contribution in [3.63, 3.8) is 0 Å². The molecule has 0 aromatic carbocycles. The first-order chi connectivity index (χ1) is 9.18. The van der Waals surface area contributed by atoms with Crippen molar-refractivity contribution in [2.45, 2.75) is 13.3 Å². The molecule has 5 nitrogen and oxygen atoms in total. The minimum absolute atomic E-state index is 0.714. The van der Waals surface area contributed by atoms with E-state index in [0.717, 1.165) is 61.7 Å². The van der Waals surface area contributed by atoms with Gasteiger partial charge in [0, 0.05) is 19.6 Å². The van der Waals surface area contributed by atoms with Gasteiger partial charge in [0.25, 0.3) is 0 Å². The molecule has 0 saturated carbocycles. The average molecular weight is 329 g/mol. The molecule has 1 aromatic heterocycles. The second kappa shape index (κ2) is 7.07. The van der Waals surface area contributed by atoms with Crippen LogP contribution in [0.15, 0.2) is 10.7 Å². The number of ether oxygens (including phenoxy) is 1. The Hall–Kier alpha value is -0.850. The normalized spacial score (nSPS) is 16.5. The molecule has 1 fully saturated rings. The van der Waals surface area contributed by atoms with E-state index in [0.29, 0.717) is 5.69 Å². The number of nitrogens with two attached hydrogens (primary N) is 1. The second-order valence-corrected chi connectivity index (χ2v) is 5.53. The molecule has 0 bridgehead atoms. The molecule has 0 unspecified atom stereocenters. The maximum absolute atomic E-state index is 5.80. The molecular formula is C13H21BrN4O. The van der Waals surface area contributed by atoms with Crippen LogP contribution in [-0.2, 0) is 4.74 Å². The summed E-state index contributed by atoms with van der Waals surface area (Å²) in [6, 6.07) is 0. The Balaban J connectivity index is 1.75. The Morgan fingerprint density at radius 2 is 2.21 bits per heavy atom. The van der Waals surface area contributed by atoms with Gasteiger partial charge in [0.15, 0.2) is 0 Å². The van der Waals surface area contributed by atoms with Gasteiger partial charge in [-0.3, -0.25) is 4.90 Å². The lowest BCUT2D eigenvalue weighted by atomic mass is 10.2. The minimum atomic E-state index is 0.714. The van der Waals surface area contributed by atoms with E-state index in [1.807, 2.05) is 6.92 Å². The third-order valence-corrected chi connectivity index (χ3v) is 4.32. The van der Waals surface area contributed by atoms with Gasteiger partial charge in [0.05, 0.1) is 29.6 Å². The molecule has 1 saturated heterocycles. The van der Waals surface area contributed by atoms with Gasteiger partial charge in [-0.25, -0.2) is 4.98 Å². The molecule has 1 aliphatic rings. The van der Waals surface area contributed by atoms with Crippen LogP contribution in [0.25, 0.3) is 0 Å². The number of anilines is 2. The summed E-state index contributed by atoms with van der Waals surface area (Å²) in [6.45, 7) is 7.80. The van der Waals surface area contributed by atoms with Gasteiger partial charge in [-0.1, -0.05) is 0 Å². The van der Waals surface area contributed by atoms with Crippen molar-refractivity contribution in [1.29, 1.82) is 0 Å². The quantitative estimate of drug-likeness (QED) is 0.808. The van der Waals surface area contributed by atoms with Crippen molar-refractivity contribution in [1.82, 2.24) is 9.88 Å². The Kier molecular flexibility index (Phi) is 5.42. The summed E-state index contributed by atoms with van der Waals surface area (Å²) in [5.41, 5.74) is 7.55. The highest BCUT2D eigenvalue weighted by atomic mass is 79.9. The fraction of sp³-hybridized carbons (Fsp3) is 0.615. The number of hydrogen-bond acceptors (Lipinski definition) is 5. The summed E-state index contributed by atoms with van der Waals surface area (Å²) >= 11 is 3.53. The number of morpholine rings is 1. The van der Waals surface area contributed by atoms with Crippen molar-refractivity contribution in [2.24, 2.45) is 0 Å². The van der Waals surface area contributed by atoms with Crippen LogP contribution in [0.2, 0.25) is 0 Å². The standard InChI is InChI=1S/C13H21BrN4O/c1-10-11(15)9-17-13(12(10)14)16-3-2-4-18-5-7-19-8-6-18/h9H,2-8,15H2,1H3,(H,16,17). The fourth-order valence-corrected chi connectivity index (χ4v) is 2.52. The second-order valence-electron chi connectivity index (χ2n) is 4.74. The molecule has 0 atom stereocenters. The van der Waals surface area contributed by atoms with E-state index in [9.17, 15) is 0 Å². The average Bonchev–Trinajstić information content (AvgIpc) is 2.44. The van der Waals surface area contributed by atoms with Gasteiger partial charge >= 0.3 is 0 Å². The zero-order chi connectivity index (χ0) is 13.7. The first-order valence-corrected chi connectivity index (χ1v) is 7.42. The van der Waals surface area contributed by atoms with Crippen LogP contribution in [0.1, 0.15) is 12.0 Å². The number of rotatable bonds is 5. The summed E-state index contributed by atoms with van der Waals surface area (Å²) in [4.78, 5) is 6.74. The first kappa shape index (κ1) is 14.6. The van der Waals surface area contributed by atoms with Crippen molar-refractivity contribution in [2.75, 3.05) is 50.4 Å². The van der Waals surface area contributed by atoms with Crippen molar-refractivity contribution < 1.29 is 4.74 Å². The Morgan fingerprint density at radius 1 is 1.47 bits per heavy atom. The molecule has 0 amide bonds. The Morgan fingerprint density at radius 3 is 2.95 bits per heavy atom. The molecular weight excluding hydrogens is 308 g/mol. The molecule has 19 heavy (non-hydrogen) atoms. The lowest BCUT2D eigenvalue weighted by Crippen LogP contribution is -2.37. The van der Waals surface area contributed by atoms with E-state index < -0.39 is 0 Å². The molecule has 0 radical (unpaired) electrons. The number of nitrogens with one attached hydrogen (secondary N) is 1. The maximum Gasteiger partial charge on any atom is 0.140 e. The highest BCUT2D eigenvalue weighted by Crippen LogP contribution is 2.27. The molecule has 6 heteroatoms. The number of pyridine rings is 1. The number of nitrogen functional groups attached to an aromatic ring is 1. The van der Waals surface area contributed by atoms with Crippen LogP contribution in [-0.4, -0.2) is 49.3 Å². The van der Waals surface area contributed by atoms with Gasteiger partial charge in [0.1, 0.15) is 5.82 Å². The summed E-state index contributed by atoms with van der Waals surface area (Å²) in [5.74, 6) is 0.869. The zero-order valence-electron chi connectivity index (χ0n) is 11.3. The number of nitrogens with zero attached hydrogens (tertiary/aromatic N) is 2. The molecule has 3 N–H and O–H groups in total. The summed E-state index contributed by atoms with van der Waals surface area (Å²) in [7, 11) is 0. The predicted molar refractivity (Wildman–Crippen MR) is 81.5 cm³/mol. The van der Waals surface area contributed by atoms with Gasteiger partial charge in [-0.15, -0.1) is 0 Å². The monoisotopic (exact) mass is 328 g/mol. The molecule has 1 aromatic rings. The molecule has 0 spiro atoms. The lowest BCUT2D eigenvalue weighted by molar-refractivity contribution is 0.0378. The zero-order valence-corrected chi connectivity index (χ0v) is 12.9. The van der Waals surface area contributed by atoms with Crippen molar-refractivity contribution in [3.8, 4) is 0 Å². The fourth-order valence-electron chi connectivity index (χ4n) is 2.05. The van der Waals surface area contributed by atoms with Crippen LogP contribution >= 0.6 is 15.9 Å². The first-order valence-electron chi connectivity index (χ1n) is 6.63. The Labute approximate surface area is 122 Å². The van der Waals surface area contributed by atoms with E-state index in [4.69, 9.17) is 10.5 Å². The summed E-state index contributed by atoms with van der Waals surface area (Å²) < 4.78 is 6.29. The predicted octanol–water partition coefficient (Wildman–Crippen LogP) is 1.87. The molecule has 0 aliphatic carbocycles. The topological polar surface area (TPSA) is 63.4 Å².